The molecule has 0 radical (unpaired) electrons. The zero-order valence-corrected chi connectivity index (χ0v) is 10.6. The summed E-state index contributed by atoms with van der Waals surface area (Å²) in [6.07, 6.45) is 0. The summed E-state index contributed by atoms with van der Waals surface area (Å²) in [6, 6.07) is 10.2. The van der Waals surface area contributed by atoms with Crippen LogP contribution in [0.4, 0.5) is 0 Å². The van der Waals surface area contributed by atoms with Gasteiger partial charge in [-0.1, -0.05) is 35.3 Å². The van der Waals surface area contributed by atoms with Crippen LogP contribution in [-0.2, 0) is 0 Å². The average molecular weight is 266 g/mol. The average Bonchev–Trinajstić information content (AvgIpc) is 2.28. The van der Waals surface area contributed by atoms with Crippen LogP contribution in [0.5, 0.6) is 0 Å². The second kappa shape index (κ2) is 4.86. The number of halogens is 2. The van der Waals surface area contributed by atoms with Gasteiger partial charge in [-0.15, -0.1) is 0 Å². The maximum absolute atomic E-state index is 12.1. The maximum Gasteiger partial charge on any atom is 0.196 e. The summed E-state index contributed by atoms with van der Waals surface area (Å²) in [7, 11) is 0. The van der Waals surface area contributed by atoms with E-state index >= 15 is 0 Å². The van der Waals surface area contributed by atoms with Crippen molar-refractivity contribution in [2.75, 3.05) is 0 Å². The predicted octanol–water partition coefficient (Wildman–Crippen LogP) is 3.93. The number of rotatable bonds is 2. The highest BCUT2D eigenvalue weighted by Gasteiger charge is 2.13. The van der Waals surface area contributed by atoms with Crippen molar-refractivity contribution >= 4 is 29.0 Å². The Morgan fingerprint density at radius 2 is 1.94 bits per heavy atom. The molecule has 0 N–H and O–H groups in total. The van der Waals surface area contributed by atoms with Crippen LogP contribution in [0.15, 0.2) is 36.4 Å². The number of nitrogens with zero attached hydrogens (tertiary/aromatic N) is 1. The zero-order valence-electron chi connectivity index (χ0n) is 9.08. The number of carbonyl (C=O) groups excluding carboxylic acids is 1. The highest BCUT2D eigenvalue weighted by molar-refractivity contribution is 6.34. The minimum atomic E-state index is -0.176. The first-order chi connectivity index (χ1) is 8.08. The second-order valence-corrected chi connectivity index (χ2v) is 4.42. The Balaban J connectivity index is 2.44. The van der Waals surface area contributed by atoms with Crippen LogP contribution < -0.4 is 0 Å². The van der Waals surface area contributed by atoms with Crippen LogP contribution in [0, 0.1) is 6.92 Å². The molecule has 0 saturated heterocycles. The first-order valence-electron chi connectivity index (χ1n) is 5.01. The van der Waals surface area contributed by atoms with Crippen LogP contribution in [0.1, 0.15) is 21.6 Å². The topological polar surface area (TPSA) is 30.0 Å². The molecule has 0 aliphatic heterocycles. The fraction of sp³-hybridized carbons (Fsp3) is 0.0769. The molecule has 1 heterocycles. The number of aromatic nitrogens is 1. The van der Waals surface area contributed by atoms with Crippen molar-refractivity contribution in [3.63, 3.8) is 0 Å². The van der Waals surface area contributed by atoms with E-state index in [4.69, 9.17) is 23.2 Å². The van der Waals surface area contributed by atoms with E-state index in [2.05, 4.69) is 4.98 Å². The molecule has 2 aromatic rings. The summed E-state index contributed by atoms with van der Waals surface area (Å²) < 4.78 is 0. The van der Waals surface area contributed by atoms with Gasteiger partial charge in [0.25, 0.3) is 0 Å². The molecule has 4 heteroatoms. The molecule has 2 rings (SSSR count). The molecule has 0 atom stereocenters. The number of hydrogen-bond donors (Lipinski definition) is 0. The van der Waals surface area contributed by atoms with Crippen molar-refractivity contribution in [1.29, 1.82) is 0 Å². The molecule has 1 aromatic heterocycles. The van der Waals surface area contributed by atoms with E-state index in [9.17, 15) is 4.79 Å². The van der Waals surface area contributed by atoms with E-state index in [0.29, 0.717) is 16.1 Å². The van der Waals surface area contributed by atoms with E-state index in [1.165, 1.54) is 0 Å². The SMILES string of the molecule is Cc1ccc(C(=O)c2cccc(Cl)c2)c(Cl)n1. The van der Waals surface area contributed by atoms with Gasteiger partial charge in [0.05, 0.1) is 5.56 Å². The molecule has 0 bridgehead atoms. The third-order valence-corrected chi connectivity index (χ3v) is 2.84. The lowest BCUT2D eigenvalue weighted by Gasteiger charge is -2.04. The van der Waals surface area contributed by atoms with Gasteiger partial charge in [0.15, 0.2) is 5.78 Å². The van der Waals surface area contributed by atoms with Crippen molar-refractivity contribution in [2.45, 2.75) is 6.92 Å². The van der Waals surface area contributed by atoms with Gasteiger partial charge in [0.2, 0.25) is 0 Å². The molecule has 2 nitrogen and oxygen atoms in total. The zero-order chi connectivity index (χ0) is 12.4. The highest BCUT2D eigenvalue weighted by atomic mass is 35.5. The van der Waals surface area contributed by atoms with Crippen molar-refractivity contribution in [3.8, 4) is 0 Å². The van der Waals surface area contributed by atoms with Gasteiger partial charge in [-0.3, -0.25) is 4.79 Å². The lowest BCUT2D eigenvalue weighted by atomic mass is 10.0. The summed E-state index contributed by atoms with van der Waals surface area (Å²) in [5.41, 5.74) is 1.67. The number of ketones is 1. The Kier molecular flexibility index (Phi) is 3.46. The van der Waals surface area contributed by atoms with Gasteiger partial charge < -0.3 is 0 Å². The Labute approximate surface area is 109 Å². The first kappa shape index (κ1) is 12.1. The molecule has 0 saturated carbocycles. The van der Waals surface area contributed by atoms with E-state index in [0.717, 1.165) is 5.69 Å². The summed E-state index contributed by atoms with van der Waals surface area (Å²) >= 11 is 11.8. The van der Waals surface area contributed by atoms with Crippen molar-refractivity contribution in [2.24, 2.45) is 0 Å². The van der Waals surface area contributed by atoms with Crippen molar-refractivity contribution < 1.29 is 4.79 Å². The predicted molar refractivity (Wildman–Crippen MR) is 68.9 cm³/mol. The first-order valence-corrected chi connectivity index (χ1v) is 5.77. The summed E-state index contributed by atoms with van der Waals surface area (Å²) in [6.45, 7) is 1.82. The van der Waals surface area contributed by atoms with Gasteiger partial charge in [-0.2, -0.15) is 0 Å². The number of hydrogen-bond acceptors (Lipinski definition) is 2. The van der Waals surface area contributed by atoms with E-state index in [-0.39, 0.29) is 10.9 Å². The normalized spacial score (nSPS) is 10.3. The molecule has 0 unspecified atom stereocenters. The Hall–Kier alpha value is -1.38. The third kappa shape index (κ3) is 2.65. The van der Waals surface area contributed by atoms with E-state index in [1.807, 2.05) is 6.92 Å². The standard InChI is InChI=1S/C13H9Cl2NO/c1-8-5-6-11(13(15)16-8)12(17)9-3-2-4-10(14)7-9/h2-7H,1H3. The molecular weight excluding hydrogens is 257 g/mol. The summed E-state index contributed by atoms with van der Waals surface area (Å²) in [5.74, 6) is -0.176. The van der Waals surface area contributed by atoms with Gasteiger partial charge >= 0.3 is 0 Å². The summed E-state index contributed by atoms with van der Waals surface area (Å²) in [4.78, 5) is 16.2. The van der Waals surface area contributed by atoms with Crippen LogP contribution in [-0.4, -0.2) is 10.8 Å². The van der Waals surface area contributed by atoms with Crippen molar-refractivity contribution in [3.05, 3.63) is 63.4 Å². The van der Waals surface area contributed by atoms with Crippen LogP contribution in [0.3, 0.4) is 0 Å². The molecule has 0 aliphatic carbocycles. The quantitative estimate of drug-likeness (QED) is 0.609. The van der Waals surface area contributed by atoms with Gasteiger partial charge in [0, 0.05) is 16.3 Å². The maximum atomic E-state index is 12.1. The fourth-order valence-corrected chi connectivity index (χ4v) is 1.95. The molecule has 0 fully saturated rings. The molecule has 1 aromatic carbocycles. The van der Waals surface area contributed by atoms with Gasteiger partial charge in [-0.25, -0.2) is 4.98 Å². The number of aryl methyl sites for hydroxylation is 1. The molecule has 0 spiro atoms. The van der Waals surface area contributed by atoms with E-state index in [1.54, 1.807) is 36.4 Å². The molecule has 0 amide bonds. The van der Waals surface area contributed by atoms with Gasteiger partial charge in [-0.05, 0) is 31.2 Å². The molecule has 0 aliphatic rings. The lowest BCUT2D eigenvalue weighted by molar-refractivity contribution is 0.103. The molecule has 86 valence electrons. The number of benzene rings is 1. The van der Waals surface area contributed by atoms with Crippen LogP contribution in [0.25, 0.3) is 0 Å². The smallest absolute Gasteiger partial charge is 0.196 e. The molecular formula is C13H9Cl2NO. The van der Waals surface area contributed by atoms with Gasteiger partial charge in [0.1, 0.15) is 5.15 Å². The highest BCUT2D eigenvalue weighted by Crippen LogP contribution is 2.19. The Morgan fingerprint density at radius 3 is 2.59 bits per heavy atom. The van der Waals surface area contributed by atoms with Crippen LogP contribution in [0.2, 0.25) is 10.2 Å². The molecule has 17 heavy (non-hydrogen) atoms. The minimum absolute atomic E-state index is 0.176. The minimum Gasteiger partial charge on any atom is -0.288 e. The third-order valence-electron chi connectivity index (χ3n) is 2.32. The second-order valence-electron chi connectivity index (χ2n) is 3.63. The largest absolute Gasteiger partial charge is 0.288 e. The monoisotopic (exact) mass is 265 g/mol. The van der Waals surface area contributed by atoms with Crippen LogP contribution >= 0.6 is 23.2 Å². The number of pyridine rings is 1. The lowest BCUT2D eigenvalue weighted by Crippen LogP contribution is -2.03. The fourth-order valence-electron chi connectivity index (χ4n) is 1.48. The Morgan fingerprint density at radius 1 is 1.18 bits per heavy atom. The Bertz CT molecular complexity index is 581. The summed E-state index contributed by atoms with van der Waals surface area (Å²) in [5, 5.41) is 0.738. The van der Waals surface area contributed by atoms with E-state index < -0.39 is 0 Å². The number of carbonyl (C=O) groups is 1. The van der Waals surface area contributed by atoms with Crippen molar-refractivity contribution in [1.82, 2.24) is 4.98 Å².